The fraction of sp³-hybridized carbons (Fsp3) is 0.545. The molecule has 10 nitrogen and oxygen atoms in total. The average Bonchev–Trinajstić information content (AvgIpc) is 3.02. The van der Waals surface area contributed by atoms with Gasteiger partial charge in [0.2, 0.25) is 11.8 Å². The van der Waals surface area contributed by atoms with Crippen molar-refractivity contribution in [2.24, 2.45) is 0 Å². The van der Waals surface area contributed by atoms with E-state index in [1.54, 1.807) is 43.3 Å². The van der Waals surface area contributed by atoms with Crippen LogP contribution in [0.5, 0.6) is 11.5 Å². The molecule has 0 bridgehead atoms. The molecule has 1 atom stereocenters. The van der Waals surface area contributed by atoms with E-state index in [1.807, 2.05) is 24.3 Å². The summed E-state index contributed by atoms with van der Waals surface area (Å²) in [5.41, 5.74) is -0.101. The zero-order valence-corrected chi connectivity index (χ0v) is 26.5. The minimum atomic E-state index is -0.900. The fourth-order valence-electron chi connectivity index (χ4n) is 6.77. The van der Waals surface area contributed by atoms with Crippen molar-refractivity contribution >= 4 is 30.1 Å². The molecule has 2 aromatic rings. The van der Waals surface area contributed by atoms with Gasteiger partial charge in [0.05, 0.1) is 12.2 Å². The summed E-state index contributed by atoms with van der Waals surface area (Å²) >= 11 is 0. The summed E-state index contributed by atoms with van der Waals surface area (Å²) in [5.74, 6) is 0.985. The molecule has 3 amide bonds. The molecule has 1 saturated carbocycles. The predicted octanol–water partition coefficient (Wildman–Crippen LogP) is 3.65. The van der Waals surface area contributed by atoms with Crippen LogP contribution in [0.25, 0.3) is 0 Å². The van der Waals surface area contributed by atoms with Crippen LogP contribution in [0.3, 0.4) is 0 Å². The van der Waals surface area contributed by atoms with Crippen LogP contribution in [-0.4, -0.2) is 90.2 Å². The van der Waals surface area contributed by atoms with E-state index >= 15 is 0 Å². The molecule has 0 aromatic heterocycles. The Morgan fingerprint density at radius 3 is 2.18 bits per heavy atom. The topological polar surface area (TPSA) is 120 Å². The maximum absolute atomic E-state index is 13.8. The molecule has 2 heterocycles. The number of piperazine rings is 1. The first-order chi connectivity index (χ1) is 20.7. The van der Waals surface area contributed by atoms with E-state index in [2.05, 4.69) is 15.5 Å². The molecule has 44 heavy (non-hydrogen) atoms. The van der Waals surface area contributed by atoms with Gasteiger partial charge in [0.15, 0.2) is 0 Å². The van der Waals surface area contributed by atoms with Crippen LogP contribution in [0.4, 0.5) is 0 Å². The van der Waals surface area contributed by atoms with E-state index in [4.69, 9.17) is 9.47 Å². The lowest BCUT2D eigenvalue weighted by atomic mass is 9.77. The quantitative estimate of drug-likeness (QED) is 0.367. The summed E-state index contributed by atoms with van der Waals surface area (Å²) in [4.78, 5) is 43.2. The highest BCUT2D eigenvalue weighted by molar-refractivity contribution is 6.00. The molecule has 2 aliphatic heterocycles. The van der Waals surface area contributed by atoms with E-state index in [-0.39, 0.29) is 36.5 Å². The van der Waals surface area contributed by atoms with Crippen LogP contribution in [0.1, 0.15) is 67.3 Å². The average molecular weight is 629 g/mol. The van der Waals surface area contributed by atoms with Gasteiger partial charge in [-0.05, 0) is 67.6 Å². The highest BCUT2D eigenvalue weighted by atomic mass is 35.5. The van der Waals surface area contributed by atoms with Crippen LogP contribution in [0, 0.1) is 0 Å². The van der Waals surface area contributed by atoms with Crippen LogP contribution >= 0.6 is 12.4 Å². The van der Waals surface area contributed by atoms with Crippen LogP contribution in [-0.2, 0) is 20.9 Å². The largest absolute Gasteiger partial charge is 0.457 e. The third-order valence-electron chi connectivity index (χ3n) is 9.29. The Morgan fingerprint density at radius 1 is 0.977 bits per heavy atom. The molecule has 2 aromatic carbocycles. The number of likely N-dealkylation sites (tertiary alicyclic amines) is 1. The molecule has 3 aliphatic rings. The number of rotatable bonds is 10. The third-order valence-corrected chi connectivity index (χ3v) is 9.29. The first-order valence-corrected chi connectivity index (χ1v) is 15.4. The summed E-state index contributed by atoms with van der Waals surface area (Å²) in [6, 6.07) is 14.2. The van der Waals surface area contributed by atoms with Gasteiger partial charge in [0.25, 0.3) is 5.91 Å². The Hall–Kier alpha value is -3.18. The summed E-state index contributed by atoms with van der Waals surface area (Å²) in [7, 11) is 3.20. The normalized spacial score (nSPS) is 21.3. The highest BCUT2D eigenvalue weighted by Crippen LogP contribution is 2.37. The number of aliphatic hydroxyl groups is 1. The van der Waals surface area contributed by atoms with E-state index in [0.29, 0.717) is 69.0 Å². The van der Waals surface area contributed by atoms with Crippen molar-refractivity contribution in [2.75, 3.05) is 40.4 Å². The summed E-state index contributed by atoms with van der Waals surface area (Å²) in [6.45, 7) is 2.78. The number of halogens is 1. The van der Waals surface area contributed by atoms with Gasteiger partial charge in [0, 0.05) is 52.3 Å². The van der Waals surface area contributed by atoms with Crippen LogP contribution < -0.4 is 15.4 Å². The molecular formula is C33H45ClN4O6. The van der Waals surface area contributed by atoms with Crippen LogP contribution in [0.15, 0.2) is 48.5 Å². The molecule has 0 radical (unpaired) electrons. The van der Waals surface area contributed by atoms with E-state index in [1.165, 1.54) is 0 Å². The number of benzene rings is 2. The van der Waals surface area contributed by atoms with Crippen molar-refractivity contribution in [2.45, 2.75) is 75.1 Å². The van der Waals surface area contributed by atoms with E-state index < -0.39 is 17.2 Å². The standard InChI is InChI=1S/C33H44N4O6.ClH/c1-34-29(38)25-8-12-27(13-9-25)43-26-10-6-24(7-11-26)23-36-18-16-33(17-19-36)31(40)35-28(30(39)37(33)20-21-42-2)22-32(41)14-4-3-5-15-32;/h6-13,28,41H,3-5,14-23H2,1-2H3,(H,34,38)(H,35,40);1H/t28-;/m1./s1. The molecule has 1 aliphatic carbocycles. The molecule has 3 N–H and O–H groups in total. The van der Waals surface area contributed by atoms with Crippen molar-refractivity contribution in [3.8, 4) is 11.5 Å². The van der Waals surface area contributed by atoms with E-state index in [9.17, 15) is 19.5 Å². The Morgan fingerprint density at radius 2 is 1.59 bits per heavy atom. The van der Waals surface area contributed by atoms with Gasteiger partial charge in [-0.2, -0.15) is 0 Å². The van der Waals surface area contributed by atoms with Crippen molar-refractivity contribution in [1.29, 1.82) is 0 Å². The zero-order chi connectivity index (χ0) is 30.5. The van der Waals surface area contributed by atoms with Gasteiger partial charge in [0.1, 0.15) is 23.1 Å². The molecule has 240 valence electrons. The van der Waals surface area contributed by atoms with Crippen molar-refractivity contribution in [3.63, 3.8) is 0 Å². The number of hydrogen-bond donors (Lipinski definition) is 3. The van der Waals surface area contributed by atoms with Crippen molar-refractivity contribution < 1.29 is 29.0 Å². The second kappa shape index (κ2) is 14.7. The lowest BCUT2D eigenvalue weighted by Crippen LogP contribution is -2.73. The number of methoxy groups -OCH3 is 1. The first-order valence-electron chi connectivity index (χ1n) is 15.4. The molecule has 11 heteroatoms. The number of carbonyl (C=O) groups excluding carboxylic acids is 3. The number of nitrogens with zero attached hydrogens (tertiary/aromatic N) is 2. The number of carbonyl (C=O) groups is 3. The van der Waals surface area contributed by atoms with Gasteiger partial charge in [-0.15, -0.1) is 12.4 Å². The fourth-order valence-corrected chi connectivity index (χ4v) is 6.77. The second-order valence-corrected chi connectivity index (χ2v) is 12.2. The van der Waals surface area contributed by atoms with Gasteiger partial charge in [-0.1, -0.05) is 31.4 Å². The Kier molecular flexibility index (Phi) is 11.3. The lowest BCUT2D eigenvalue weighted by Gasteiger charge is -2.52. The molecule has 3 fully saturated rings. The zero-order valence-electron chi connectivity index (χ0n) is 25.7. The molecule has 2 saturated heterocycles. The number of ether oxygens (including phenoxy) is 2. The smallest absolute Gasteiger partial charge is 0.251 e. The monoisotopic (exact) mass is 628 g/mol. The SMILES string of the molecule is CNC(=O)c1ccc(Oc2ccc(CN3CCC4(CC3)C(=O)N[C@H](CC3(O)CCCCC3)C(=O)N4CCOC)cc2)cc1.Cl. The van der Waals surface area contributed by atoms with Gasteiger partial charge < -0.3 is 30.1 Å². The maximum Gasteiger partial charge on any atom is 0.251 e. The van der Waals surface area contributed by atoms with Crippen molar-refractivity contribution in [3.05, 3.63) is 59.7 Å². The highest BCUT2D eigenvalue weighted by Gasteiger charge is 2.54. The second-order valence-electron chi connectivity index (χ2n) is 12.2. The van der Waals surface area contributed by atoms with Crippen molar-refractivity contribution in [1.82, 2.24) is 20.4 Å². The van der Waals surface area contributed by atoms with Gasteiger partial charge in [-0.25, -0.2) is 0 Å². The Bertz CT molecular complexity index is 1270. The maximum atomic E-state index is 13.8. The number of hydrogen-bond acceptors (Lipinski definition) is 7. The third kappa shape index (κ3) is 7.54. The minimum absolute atomic E-state index is 0. The predicted molar refractivity (Wildman–Crippen MR) is 169 cm³/mol. The summed E-state index contributed by atoms with van der Waals surface area (Å²) in [6.07, 6.45) is 5.68. The number of piperidine rings is 1. The Labute approximate surface area is 265 Å². The molecule has 0 unspecified atom stereocenters. The van der Waals surface area contributed by atoms with Gasteiger partial charge >= 0.3 is 0 Å². The van der Waals surface area contributed by atoms with Crippen LogP contribution in [0.2, 0.25) is 0 Å². The number of nitrogens with one attached hydrogen (secondary N) is 2. The molecule has 1 spiro atoms. The minimum Gasteiger partial charge on any atom is -0.457 e. The van der Waals surface area contributed by atoms with E-state index in [0.717, 1.165) is 31.4 Å². The number of amides is 3. The summed E-state index contributed by atoms with van der Waals surface area (Å²) in [5, 5.41) is 16.7. The summed E-state index contributed by atoms with van der Waals surface area (Å²) < 4.78 is 11.3. The molecular weight excluding hydrogens is 584 g/mol. The first kappa shape index (κ1) is 33.7. The lowest BCUT2D eigenvalue weighted by molar-refractivity contribution is -0.164. The Balaban J connectivity index is 0.00000442. The van der Waals surface area contributed by atoms with Gasteiger partial charge in [-0.3, -0.25) is 19.3 Å². The molecule has 5 rings (SSSR count).